The number of unbranched alkanes of at least 4 members (excludes halogenated alkanes) is 12. The molecule has 90 heavy (non-hydrogen) atoms. The average Bonchev–Trinajstić information content (AvgIpc) is 1.55. The Morgan fingerprint density at radius 3 is 1.14 bits per heavy atom. The van der Waals surface area contributed by atoms with Crippen LogP contribution in [0.4, 0.5) is 23.0 Å². The van der Waals surface area contributed by atoms with Crippen molar-refractivity contribution in [3.05, 3.63) is 107 Å². The van der Waals surface area contributed by atoms with Crippen molar-refractivity contribution in [1.29, 1.82) is 0 Å². The van der Waals surface area contributed by atoms with Gasteiger partial charge in [-0.2, -0.15) is 0 Å². The monoisotopic (exact) mass is 1270 g/mol. The van der Waals surface area contributed by atoms with Crippen LogP contribution in [-0.4, -0.2) is 165 Å². The minimum Gasteiger partial charge on any atom is -0.493 e. The number of carbonyl (C=O) groups is 2. The van der Waals surface area contributed by atoms with E-state index in [1.807, 2.05) is 132 Å². The van der Waals surface area contributed by atoms with Crippen molar-refractivity contribution in [3.8, 4) is 23.0 Å². The van der Waals surface area contributed by atoms with Crippen molar-refractivity contribution in [2.45, 2.75) is 116 Å². The van der Waals surface area contributed by atoms with Crippen LogP contribution in [0.25, 0.3) is 21.8 Å². The van der Waals surface area contributed by atoms with E-state index in [4.69, 9.17) is 40.4 Å². The standard InChI is InChI=1S/C70H106N12O6S2/c1-79(67-47-59(71)57-45-63(85-5)65(87-7)49-61(57)77-67)37-21-13-15-23-39-81(3)69(83)55-29-25-27-53(43-55)51-75-33-19-11-9-17-31-73-35-41-89-90-42-36-74-32-18-10-12-20-34-76-52-54-28-26-30-56(44-54)70(84)82(4)40-24-16-14-22-38-80(2)68-48-60(72)58-46-64(86-6)66(88-8)50-62(58)78-68/h25-30,43-50,73-76H,9-24,31-42,51-52H2,1-8H3,(H2,71,77)(H2,72,78). The number of methoxy groups -OCH3 is 4. The summed E-state index contributed by atoms with van der Waals surface area (Å²) in [7, 11) is 18.3. The third-order valence-electron chi connectivity index (χ3n) is 16.3. The molecule has 20 heteroatoms. The van der Waals surface area contributed by atoms with Gasteiger partial charge in [-0.1, -0.05) is 97.2 Å². The molecule has 0 aliphatic rings. The third-order valence-corrected chi connectivity index (χ3v) is 18.8. The van der Waals surface area contributed by atoms with Crippen LogP contribution < -0.4 is 61.5 Å². The summed E-state index contributed by atoms with van der Waals surface area (Å²) >= 11 is 0. The number of pyridine rings is 2. The van der Waals surface area contributed by atoms with E-state index in [0.29, 0.717) is 34.4 Å². The van der Waals surface area contributed by atoms with Gasteiger partial charge in [0.25, 0.3) is 11.8 Å². The van der Waals surface area contributed by atoms with Gasteiger partial charge < -0.3 is 71.3 Å². The van der Waals surface area contributed by atoms with Gasteiger partial charge in [0.15, 0.2) is 23.0 Å². The van der Waals surface area contributed by atoms with Gasteiger partial charge in [-0.15, -0.1) is 0 Å². The maximum atomic E-state index is 13.3. The van der Waals surface area contributed by atoms with Crippen molar-refractivity contribution in [2.75, 3.05) is 155 Å². The van der Waals surface area contributed by atoms with Gasteiger partial charge in [-0.05, 0) is 125 Å². The number of aromatic nitrogens is 2. The molecule has 0 unspecified atom stereocenters. The zero-order chi connectivity index (χ0) is 64.3. The Hall–Kier alpha value is -6.42. The molecule has 0 spiro atoms. The van der Waals surface area contributed by atoms with E-state index in [0.717, 1.165) is 210 Å². The van der Waals surface area contributed by atoms with E-state index in [1.165, 1.54) is 38.5 Å². The molecule has 6 rings (SSSR count). The third kappa shape index (κ3) is 24.7. The lowest BCUT2D eigenvalue weighted by Gasteiger charge is -2.20. The normalized spacial score (nSPS) is 11.3. The Morgan fingerprint density at radius 1 is 0.422 bits per heavy atom. The molecule has 0 saturated carbocycles. The van der Waals surface area contributed by atoms with Gasteiger partial charge >= 0.3 is 0 Å². The number of nitrogens with one attached hydrogen (secondary N) is 4. The van der Waals surface area contributed by atoms with Crippen molar-refractivity contribution in [2.24, 2.45) is 0 Å². The fourth-order valence-electron chi connectivity index (χ4n) is 10.9. The number of anilines is 4. The summed E-state index contributed by atoms with van der Waals surface area (Å²) in [4.78, 5) is 44.3. The average molecular weight is 1280 g/mol. The molecular formula is C70H106N12O6S2. The second-order valence-electron chi connectivity index (χ2n) is 23.4. The number of hydrogen-bond donors (Lipinski definition) is 6. The summed E-state index contributed by atoms with van der Waals surface area (Å²) in [5.41, 5.74) is 19.5. The molecule has 4 aromatic carbocycles. The summed E-state index contributed by atoms with van der Waals surface area (Å²) in [5.74, 6) is 6.57. The largest absolute Gasteiger partial charge is 0.493 e. The lowest BCUT2D eigenvalue weighted by atomic mass is 10.1. The Balaban J connectivity index is 0.668. The molecule has 2 heterocycles. The first-order valence-corrected chi connectivity index (χ1v) is 35.2. The topological polar surface area (TPSA) is 210 Å². The Morgan fingerprint density at radius 2 is 0.767 bits per heavy atom. The van der Waals surface area contributed by atoms with E-state index < -0.39 is 0 Å². The number of nitrogens with two attached hydrogens (primary N) is 2. The number of benzene rings is 4. The molecule has 8 N–H and O–H groups in total. The first-order chi connectivity index (χ1) is 43.8. The zero-order valence-corrected chi connectivity index (χ0v) is 57.0. The van der Waals surface area contributed by atoms with Crippen LogP contribution in [0.2, 0.25) is 0 Å². The van der Waals surface area contributed by atoms with Crippen LogP contribution >= 0.6 is 21.6 Å². The molecular weight excluding hydrogens is 1170 g/mol. The van der Waals surface area contributed by atoms with Crippen LogP contribution in [0.3, 0.4) is 0 Å². The molecule has 2 aromatic heterocycles. The molecule has 0 saturated heterocycles. The SMILES string of the molecule is COc1cc2nc(N(C)CCCCCCN(C)C(=O)c3cccc(CNCCCCCCNCCSSCCNCCCCCCNCc4cccc(C(=O)N(C)CCCCCCN(C)c5cc(N)c6cc(OC)c(OC)cc6n5)c4)c3)cc(N)c2cc1OC. The van der Waals surface area contributed by atoms with Crippen molar-refractivity contribution < 1.29 is 28.5 Å². The molecule has 0 bridgehead atoms. The van der Waals surface area contributed by atoms with Crippen molar-refractivity contribution >= 4 is 78.2 Å². The fraction of sp³-hybridized carbons (Fsp3) is 0.543. The lowest BCUT2D eigenvalue weighted by molar-refractivity contribution is 0.0785. The number of ether oxygens (including phenoxy) is 4. The highest BCUT2D eigenvalue weighted by atomic mass is 33.1. The summed E-state index contributed by atoms with van der Waals surface area (Å²) < 4.78 is 21.8. The van der Waals surface area contributed by atoms with Gasteiger partial charge in [0.2, 0.25) is 0 Å². The van der Waals surface area contributed by atoms with Crippen LogP contribution in [0.15, 0.2) is 84.9 Å². The van der Waals surface area contributed by atoms with Gasteiger partial charge in [0.1, 0.15) is 11.6 Å². The molecule has 6 aromatic rings. The predicted octanol–water partition coefficient (Wildman–Crippen LogP) is 12.1. The molecule has 0 fully saturated rings. The number of fused-ring (bicyclic) bond motifs is 2. The molecule has 18 nitrogen and oxygen atoms in total. The van der Waals surface area contributed by atoms with Crippen molar-refractivity contribution in [1.82, 2.24) is 41.0 Å². The lowest BCUT2D eigenvalue weighted by Crippen LogP contribution is -2.28. The number of amides is 2. The molecule has 0 aliphatic carbocycles. The molecule has 2 amide bonds. The highest BCUT2D eigenvalue weighted by Crippen LogP contribution is 2.37. The number of nitrogen functional groups attached to an aromatic ring is 2. The Labute approximate surface area is 545 Å². The first-order valence-electron chi connectivity index (χ1n) is 32.7. The molecule has 494 valence electrons. The van der Waals surface area contributed by atoms with Crippen LogP contribution in [0.1, 0.15) is 135 Å². The molecule has 0 aliphatic heterocycles. The smallest absolute Gasteiger partial charge is 0.253 e. The minimum absolute atomic E-state index is 0.0745. The van der Waals surface area contributed by atoms with Crippen LogP contribution in [0, 0.1) is 0 Å². The molecule has 0 atom stereocenters. The van der Waals surface area contributed by atoms with Gasteiger partial charge in [0, 0.05) is 150 Å². The number of carbonyl (C=O) groups excluding carboxylic acids is 2. The van der Waals surface area contributed by atoms with E-state index in [9.17, 15) is 9.59 Å². The van der Waals surface area contributed by atoms with E-state index in [-0.39, 0.29) is 11.8 Å². The van der Waals surface area contributed by atoms with E-state index >= 15 is 0 Å². The Kier molecular flexibility index (Phi) is 33.2. The van der Waals surface area contributed by atoms with E-state index in [2.05, 4.69) is 43.2 Å². The molecule has 0 radical (unpaired) electrons. The number of hydrogen-bond acceptors (Lipinski definition) is 18. The van der Waals surface area contributed by atoms with Gasteiger partial charge in [0.05, 0.1) is 39.5 Å². The van der Waals surface area contributed by atoms with Gasteiger partial charge in [-0.3, -0.25) is 9.59 Å². The maximum absolute atomic E-state index is 13.3. The maximum Gasteiger partial charge on any atom is 0.253 e. The summed E-state index contributed by atoms with van der Waals surface area (Å²) in [6.45, 7) is 10.9. The number of nitrogens with zero attached hydrogens (tertiary/aromatic N) is 6. The fourth-order valence-corrected chi connectivity index (χ4v) is 12.8. The second-order valence-corrected chi connectivity index (χ2v) is 26.1. The quantitative estimate of drug-likeness (QED) is 0.0155. The van der Waals surface area contributed by atoms with Crippen LogP contribution in [-0.2, 0) is 13.1 Å². The zero-order valence-electron chi connectivity index (χ0n) is 55.4. The van der Waals surface area contributed by atoms with Crippen LogP contribution in [0.5, 0.6) is 23.0 Å². The second kappa shape index (κ2) is 41.1. The first kappa shape index (κ1) is 72.6. The highest BCUT2D eigenvalue weighted by Gasteiger charge is 2.17. The van der Waals surface area contributed by atoms with Crippen molar-refractivity contribution in [3.63, 3.8) is 0 Å². The minimum atomic E-state index is 0.0745. The summed E-state index contributed by atoms with van der Waals surface area (Å²) in [6.07, 6.45) is 17.8. The van der Waals surface area contributed by atoms with E-state index in [1.54, 1.807) is 28.4 Å². The predicted molar refractivity (Wildman–Crippen MR) is 380 cm³/mol. The Bertz CT molecular complexity index is 2880. The summed E-state index contributed by atoms with van der Waals surface area (Å²) in [6, 6.07) is 27.4. The number of rotatable bonds is 47. The van der Waals surface area contributed by atoms with Gasteiger partial charge in [-0.25, -0.2) is 9.97 Å². The summed E-state index contributed by atoms with van der Waals surface area (Å²) in [5, 5.41) is 16.1. The highest BCUT2D eigenvalue weighted by molar-refractivity contribution is 8.76.